The van der Waals surface area contributed by atoms with Gasteiger partial charge in [-0.05, 0) is 30.2 Å². The average Bonchev–Trinajstić information content (AvgIpc) is 3.11. The zero-order valence-corrected chi connectivity index (χ0v) is 17.5. The van der Waals surface area contributed by atoms with Crippen molar-refractivity contribution in [1.82, 2.24) is 25.1 Å². The van der Waals surface area contributed by atoms with Crippen LogP contribution in [-0.4, -0.2) is 39.3 Å². The van der Waals surface area contributed by atoms with Gasteiger partial charge in [-0.25, -0.2) is 0 Å². The first-order chi connectivity index (χ1) is 14.2. The quantitative estimate of drug-likeness (QED) is 0.517. The van der Waals surface area contributed by atoms with Gasteiger partial charge >= 0.3 is 0 Å². The van der Waals surface area contributed by atoms with Gasteiger partial charge in [0.05, 0.1) is 12.8 Å². The number of carbonyl (C=O) groups excluding carboxylic acids is 1. The number of hydrogen-bond acceptors (Lipinski definition) is 6. The zero-order chi connectivity index (χ0) is 20.5. The third-order valence-electron chi connectivity index (χ3n) is 4.49. The Bertz CT molecular complexity index is 930. The second-order valence-corrected chi connectivity index (χ2v) is 7.42. The number of aromatic nitrogens is 4. The van der Waals surface area contributed by atoms with Gasteiger partial charge in [0.1, 0.15) is 11.6 Å². The summed E-state index contributed by atoms with van der Waals surface area (Å²) in [6, 6.07) is 13.6. The molecule has 0 aliphatic heterocycles. The second-order valence-electron chi connectivity index (χ2n) is 6.48. The molecule has 0 aliphatic carbocycles. The van der Waals surface area contributed by atoms with Crippen LogP contribution < -0.4 is 10.1 Å². The number of thioether (sulfide) groups is 1. The van der Waals surface area contributed by atoms with E-state index in [9.17, 15) is 4.79 Å². The summed E-state index contributed by atoms with van der Waals surface area (Å²) >= 11 is 1.60. The number of benzene rings is 1. The number of ether oxygens (including phenoxy) is 1. The number of amides is 1. The highest BCUT2D eigenvalue weighted by atomic mass is 32.2. The molecule has 152 valence electrons. The van der Waals surface area contributed by atoms with Crippen molar-refractivity contribution >= 4 is 17.7 Å². The first-order valence-electron chi connectivity index (χ1n) is 9.47. The maximum Gasteiger partial charge on any atom is 0.220 e. The zero-order valence-electron chi connectivity index (χ0n) is 16.7. The molecule has 0 unspecified atom stereocenters. The smallest absolute Gasteiger partial charge is 0.220 e. The van der Waals surface area contributed by atoms with E-state index in [1.807, 2.05) is 54.1 Å². The van der Waals surface area contributed by atoms with E-state index in [2.05, 4.69) is 20.5 Å². The monoisotopic (exact) mass is 411 g/mol. The van der Waals surface area contributed by atoms with Gasteiger partial charge in [0.15, 0.2) is 5.16 Å². The summed E-state index contributed by atoms with van der Waals surface area (Å²) in [6.45, 7) is 0.529. The van der Waals surface area contributed by atoms with Crippen molar-refractivity contribution in [2.24, 2.45) is 7.05 Å². The molecule has 3 rings (SSSR count). The van der Waals surface area contributed by atoms with Gasteiger partial charge in [0.25, 0.3) is 0 Å². The lowest BCUT2D eigenvalue weighted by Gasteiger charge is -2.08. The lowest BCUT2D eigenvalue weighted by atomic mass is 10.1. The molecule has 1 N–H and O–H groups in total. The molecule has 0 fully saturated rings. The molecular weight excluding hydrogens is 386 g/mol. The molecule has 1 amide bonds. The van der Waals surface area contributed by atoms with Gasteiger partial charge in [-0.15, -0.1) is 10.2 Å². The van der Waals surface area contributed by atoms with Crippen molar-refractivity contribution in [3.8, 4) is 5.75 Å². The topological polar surface area (TPSA) is 81.9 Å². The Hall–Kier alpha value is -2.87. The van der Waals surface area contributed by atoms with Crippen LogP contribution in [0.25, 0.3) is 0 Å². The number of pyridine rings is 1. The van der Waals surface area contributed by atoms with Crippen molar-refractivity contribution in [1.29, 1.82) is 0 Å². The molecule has 7 nitrogen and oxygen atoms in total. The summed E-state index contributed by atoms with van der Waals surface area (Å²) < 4.78 is 7.29. The molecule has 29 heavy (non-hydrogen) atoms. The molecule has 0 radical (unpaired) electrons. The van der Waals surface area contributed by atoms with E-state index in [0.717, 1.165) is 33.7 Å². The highest BCUT2D eigenvalue weighted by Gasteiger charge is 2.11. The summed E-state index contributed by atoms with van der Waals surface area (Å²) in [5, 5.41) is 12.3. The minimum absolute atomic E-state index is 0.0165. The van der Waals surface area contributed by atoms with Gasteiger partial charge in [0.2, 0.25) is 5.91 Å². The van der Waals surface area contributed by atoms with Crippen LogP contribution >= 0.6 is 11.8 Å². The standard InChI is InChI=1S/C21H25N5O2S/c1-26-19(24-25-21(26)29-15-17-8-5-6-13-22-17)12-14-23-20(27)11-10-16-7-3-4-9-18(16)28-2/h3-9,13H,10-12,14-15H2,1-2H3,(H,23,27). The number of nitrogens with zero attached hydrogens (tertiary/aromatic N) is 4. The van der Waals surface area contributed by atoms with Crippen LogP contribution in [0.3, 0.4) is 0 Å². The molecule has 0 saturated carbocycles. The van der Waals surface area contributed by atoms with E-state index in [-0.39, 0.29) is 5.91 Å². The van der Waals surface area contributed by atoms with E-state index in [1.165, 1.54) is 0 Å². The fourth-order valence-corrected chi connectivity index (χ4v) is 3.72. The van der Waals surface area contributed by atoms with Crippen molar-refractivity contribution < 1.29 is 9.53 Å². The Morgan fingerprint density at radius 3 is 2.76 bits per heavy atom. The van der Waals surface area contributed by atoms with E-state index in [4.69, 9.17) is 4.74 Å². The Morgan fingerprint density at radius 1 is 1.14 bits per heavy atom. The summed E-state index contributed by atoms with van der Waals surface area (Å²) in [7, 11) is 3.59. The predicted octanol–water partition coefficient (Wildman–Crippen LogP) is 2.80. The molecule has 0 bridgehead atoms. The highest BCUT2D eigenvalue weighted by molar-refractivity contribution is 7.98. The van der Waals surface area contributed by atoms with E-state index in [1.54, 1.807) is 25.1 Å². The van der Waals surface area contributed by atoms with Crippen LogP contribution in [0.15, 0.2) is 53.8 Å². The maximum atomic E-state index is 12.1. The Balaban J connectivity index is 1.42. The van der Waals surface area contributed by atoms with E-state index in [0.29, 0.717) is 25.8 Å². The number of nitrogens with one attached hydrogen (secondary N) is 1. The van der Waals surface area contributed by atoms with Crippen molar-refractivity contribution in [2.75, 3.05) is 13.7 Å². The van der Waals surface area contributed by atoms with Crippen molar-refractivity contribution in [2.45, 2.75) is 30.2 Å². The minimum Gasteiger partial charge on any atom is -0.496 e. The predicted molar refractivity (Wildman–Crippen MR) is 113 cm³/mol. The number of hydrogen-bond donors (Lipinski definition) is 1. The fourth-order valence-electron chi connectivity index (χ4n) is 2.87. The molecule has 2 aromatic heterocycles. The van der Waals surface area contributed by atoms with Gasteiger partial charge in [-0.1, -0.05) is 36.0 Å². The highest BCUT2D eigenvalue weighted by Crippen LogP contribution is 2.20. The van der Waals surface area contributed by atoms with E-state index < -0.39 is 0 Å². The Kier molecular flexibility index (Phi) is 7.63. The normalized spacial score (nSPS) is 10.7. The van der Waals surface area contributed by atoms with E-state index >= 15 is 0 Å². The Labute approximate surface area is 174 Å². The molecule has 3 aromatic rings. The van der Waals surface area contributed by atoms with Crippen LogP contribution in [0.5, 0.6) is 5.75 Å². The number of methoxy groups -OCH3 is 1. The molecule has 0 saturated heterocycles. The summed E-state index contributed by atoms with van der Waals surface area (Å²) in [5.74, 6) is 2.42. The summed E-state index contributed by atoms with van der Waals surface area (Å²) in [6.07, 6.45) is 3.49. The summed E-state index contributed by atoms with van der Waals surface area (Å²) in [4.78, 5) is 16.5. The third-order valence-corrected chi connectivity index (χ3v) is 5.54. The lowest BCUT2D eigenvalue weighted by Crippen LogP contribution is -2.26. The van der Waals surface area contributed by atoms with Crippen LogP contribution in [0.1, 0.15) is 23.5 Å². The molecular formula is C21H25N5O2S. The second kappa shape index (κ2) is 10.6. The number of carbonyl (C=O) groups is 1. The molecule has 8 heteroatoms. The number of rotatable bonds is 10. The SMILES string of the molecule is COc1ccccc1CCC(=O)NCCc1nnc(SCc2ccccn2)n1C. The van der Waals surface area contributed by atoms with Gasteiger partial charge < -0.3 is 14.6 Å². The first-order valence-corrected chi connectivity index (χ1v) is 10.5. The van der Waals surface area contributed by atoms with Gasteiger partial charge in [-0.3, -0.25) is 9.78 Å². The molecule has 0 aliphatic rings. The largest absolute Gasteiger partial charge is 0.496 e. The van der Waals surface area contributed by atoms with Gasteiger partial charge in [0, 0.05) is 38.4 Å². The lowest BCUT2D eigenvalue weighted by molar-refractivity contribution is -0.121. The van der Waals surface area contributed by atoms with Crippen LogP contribution in [0, 0.1) is 0 Å². The molecule has 0 atom stereocenters. The molecule has 1 aromatic carbocycles. The third kappa shape index (κ3) is 6.05. The fraction of sp³-hybridized carbons (Fsp3) is 0.333. The first kappa shape index (κ1) is 20.9. The van der Waals surface area contributed by atoms with Gasteiger partial charge in [-0.2, -0.15) is 0 Å². The van der Waals surface area contributed by atoms with Crippen molar-refractivity contribution in [3.63, 3.8) is 0 Å². The molecule has 2 heterocycles. The number of para-hydroxylation sites is 1. The number of aryl methyl sites for hydroxylation is 1. The van der Waals surface area contributed by atoms with Crippen molar-refractivity contribution in [3.05, 3.63) is 65.7 Å². The van der Waals surface area contributed by atoms with Crippen LogP contribution in [0.4, 0.5) is 0 Å². The summed E-state index contributed by atoms with van der Waals surface area (Å²) in [5.41, 5.74) is 2.04. The van der Waals surface area contributed by atoms with Crippen LogP contribution in [-0.2, 0) is 30.4 Å². The Morgan fingerprint density at radius 2 is 1.97 bits per heavy atom. The minimum atomic E-state index is 0.0165. The average molecular weight is 412 g/mol. The van der Waals surface area contributed by atoms with Crippen LogP contribution in [0.2, 0.25) is 0 Å². The molecule has 0 spiro atoms. The maximum absolute atomic E-state index is 12.1.